The number of aryl methyl sites for hydroxylation is 1. The Morgan fingerprint density at radius 1 is 1.43 bits per heavy atom. The maximum Gasteiger partial charge on any atom is 0.310 e. The molecule has 3 heteroatoms. The number of aliphatic carboxylic acids is 1. The molecule has 1 aliphatic carbocycles. The van der Waals surface area contributed by atoms with Gasteiger partial charge >= 0.3 is 5.97 Å². The third-order valence-electron chi connectivity index (χ3n) is 5.11. The van der Waals surface area contributed by atoms with E-state index >= 15 is 0 Å². The molecule has 1 aromatic rings. The van der Waals surface area contributed by atoms with E-state index in [0.717, 1.165) is 42.9 Å². The van der Waals surface area contributed by atoms with Crippen molar-refractivity contribution in [3.8, 4) is 0 Å². The molecule has 3 nitrogen and oxygen atoms in total. The SMILES string of the molecule is CCCCC1CCC(Cc2ncccc2C)(C(=O)O)CC1. The first kappa shape index (κ1) is 16.0. The number of carbonyl (C=O) groups is 1. The lowest BCUT2D eigenvalue weighted by Gasteiger charge is -2.37. The highest BCUT2D eigenvalue weighted by Crippen LogP contribution is 2.43. The van der Waals surface area contributed by atoms with Crippen LogP contribution in [0.3, 0.4) is 0 Å². The number of rotatable bonds is 6. The molecule has 1 fully saturated rings. The molecule has 116 valence electrons. The van der Waals surface area contributed by atoms with Crippen molar-refractivity contribution in [1.82, 2.24) is 4.98 Å². The van der Waals surface area contributed by atoms with E-state index < -0.39 is 11.4 Å². The van der Waals surface area contributed by atoms with Crippen LogP contribution in [0.2, 0.25) is 0 Å². The smallest absolute Gasteiger partial charge is 0.310 e. The minimum absolute atomic E-state index is 0.579. The number of hydrogen-bond acceptors (Lipinski definition) is 2. The zero-order chi connectivity index (χ0) is 15.3. The Morgan fingerprint density at radius 2 is 2.14 bits per heavy atom. The monoisotopic (exact) mass is 289 g/mol. The normalized spacial score (nSPS) is 25.7. The fraction of sp³-hybridized carbons (Fsp3) is 0.667. The highest BCUT2D eigenvalue weighted by Gasteiger charge is 2.42. The molecule has 1 saturated carbocycles. The quantitative estimate of drug-likeness (QED) is 0.845. The molecule has 1 aromatic heterocycles. The van der Waals surface area contributed by atoms with Crippen molar-refractivity contribution in [2.75, 3.05) is 0 Å². The third-order valence-corrected chi connectivity index (χ3v) is 5.11. The summed E-state index contributed by atoms with van der Waals surface area (Å²) in [4.78, 5) is 16.3. The lowest BCUT2D eigenvalue weighted by molar-refractivity contribution is -0.151. The molecular formula is C18H27NO2. The average molecular weight is 289 g/mol. The van der Waals surface area contributed by atoms with E-state index in [1.165, 1.54) is 19.3 Å². The summed E-state index contributed by atoms with van der Waals surface area (Å²) in [6.45, 7) is 4.24. The van der Waals surface area contributed by atoms with Crippen molar-refractivity contribution in [2.45, 2.75) is 65.2 Å². The van der Waals surface area contributed by atoms with Crippen LogP contribution in [0.25, 0.3) is 0 Å². The van der Waals surface area contributed by atoms with E-state index in [1.807, 2.05) is 19.1 Å². The first-order valence-electron chi connectivity index (χ1n) is 8.21. The van der Waals surface area contributed by atoms with Crippen LogP contribution in [0.1, 0.15) is 63.1 Å². The van der Waals surface area contributed by atoms with Crippen LogP contribution in [0.5, 0.6) is 0 Å². The second-order valence-electron chi connectivity index (χ2n) is 6.61. The fourth-order valence-electron chi connectivity index (χ4n) is 3.50. The topological polar surface area (TPSA) is 50.2 Å². The van der Waals surface area contributed by atoms with Gasteiger partial charge in [0.15, 0.2) is 0 Å². The maximum atomic E-state index is 11.9. The minimum atomic E-state index is -0.638. The minimum Gasteiger partial charge on any atom is -0.481 e. The number of hydrogen-bond donors (Lipinski definition) is 1. The summed E-state index contributed by atoms with van der Waals surface area (Å²) in [6, 6.07) is 3.93. The first-order chi connectivity index (χ1) is 10.1. The summed E-state index contributed by atoms with van der Waals surface area (Å²) >= 11 is 0. The Morgan fingerprint density at radius 3 is 2.71 bits per heavy atom. The van der Waals surface area contributed by atoms with E-state index in [1.54, 1.807) is 6.20 Å². The molecule has 1 aliphatic rings. The summed E-state index contributed by atoms with van der Waals surface area (Å²) in [6.07, 6.45) is 9.81. The molecule has 0 bridgehead atoms. The molecule has 2 rings (SSSR count). The number of pyridine rings is 1. The van der Waals surface area contributed by atoms with E-state index in [9.17, 15) is 9.90 Å². The van der Waals surface area contributed by atoms with Crippen LogP contribution >= 0.6 is 0 Å². The average Bonchev–Trinajstić information content (AvgIpc) is 2.49. The number of unbranched alkanes of at least 4 members (excludes halogenated alkanes) is 1. The molecule has 0 aromatic carbocycles. The van der Waals surface area contributed by atoms with E-state index in [4.69, 9.17) is 0 Å². The van der Waals surface area contributed by atoms with Gasteiger partial charge in [0.05, 0.1) is 5.41 Å². The molecule has 0 unspecified atom stereocenters. The summed E-state index contributed by atoms with van der Waals surface area (Å²) in [5.41, 5.74) is 1.46. The highest BCUT2D eigenvalue weighted by atomic mass is 16.4. The molecule has 0 aliphatic heterocycles. The second-order valence-corrected chi connectivity index (χ2v) is 6.61. The number of carboxylic acids is 1. The van der Waals surface area contributed by atoms with Crippen LogP contribution in [0, 0.1) is 18.3 Å². The van der Waals surface area contributed by atoms with Crippen LogP contribution in [-0.4, -0.2) is 16.1 Å². The van der Waals surface area contributed by atoms with Gasteiger partial charge in [-0.25, -0.2) is 0 Å². The lowest BCUT2D eigenvalue weighted by Crippen LogP contribution is -2.38. The van der Waals surface area contributed by atoms with Gasteiger partial charge in [-0.2, -0.15) is 0 Å². The van der Waals surface area contributed by atoms with Gasteiger partial charge in [0.2, 0.25) is 0 Å². The zero-order valence-electron chi connectivity index (χ0n) is 13.3. The summed E-state index contributed by atoms with van der Waals surface area (Å²) in [5.74, 6) is 0.0868. The van der Waals surface area contributed by atoms with E-state index in [2.05, 4.69) is 11.9 Å². The molecule has 21 heavy (non-hydrogen) atoms. The molecular weight excluding hydrogens is 262 g/mol. The van der Waals surface area contributed by atoms with Crippen molar-refractivity contribution in [3.05, 3.63) is 29.6 Å². The van der Waals surface area contributed by atoms with Crippen molar-refractivity contribution < 1.29 is 9.90 Å². The van der Waals surface area contributed by atoms with Crippen molar-refractivity contribution >= 4 is 5.97 Å². The van der Waals surface area contributed by atoms with Crippen molar-refractivity contribution in [2.24, 2.45) is 11.3 Å². The van der Waals surface area contributed by atoms with Gasteiger partial charge in [0.25, 0.3) is 0 Å². The number of nitrogens with zero attached hydrogens (tertiary/aromatic N) is 1. The Balaban J connectivity index is 2.06. The Bertz CT molecular complexity index is 476. The van der Waals surface area contributed by atoms with Crippen LogP contribution < -0.4 is 0 Å². The van der Waals surface area contributed by atoms with Crippen molar-refractivity contribution in [1.29, 1.82) is 0 Å². The van der Waals surface area contributed by atoms with Gasteiger partial charge in [0, 0.05) is 18.3 Å². The molecule has 0 amide bonds. The Kier molecular flexibility index (Phi) is 5.38. The predicted molar refractivity (Wildman–Crippen MR) is 84.2 cm³/mol. The standard InChI is InChI=1S/C18H27NO2/c1-3-4-7-15-8-10-18(11-9-15,17(20)21)13-16-14(2)6-5-12-19-16/h5-6,12,15H,3-4,7-11,13H2,1-2H3,(H,20,21). The van der Waals surface area contributed by atoms with Gasteiger partial charge < -0.3 is 5.11 Å². The highest BCUT2D eigenvalue weighted by molar-refractivity contribution is 5.75. The molecule has 0 spiro atoms. The third kappa shape index (κ3) is 3.84. The summed E-state index contributed by atoms with van der Waals surface area (Å²) in [5, 5.41) is 9.78. The molecule has 0 atom stereocenters. The largest absolute Gasteiger partial charge is 0.481 e. The van der Waals surface area contributed by atoms with E-state index in [-0.39, 0.29) is 0 Å². The fourth-order valence-corrected chi connectivity index (χ4v) is 3.50. The lowest BCUT2D eigenvalue weighted by atomic mass is 9.67. The van der Waals surface area contributed by atoms with Gasteiger partial charge in [0.1, 0.15) is 0 Å². The van der Waals surface area contributed by atoms with Crippen molar-refractivity contribution in [3.63, 3.8) is 0 Å². The zero-order valence-corrected chi connectivity index (χ0v) is 13.3. The molecule has 1 heterocycles. The van der Waals surface area contributed by atoms with Gasteiger partial charge in [-0.3, -0.25) is 9.78 Å². The Hall–Kier alpha value is -1.38. The van der Waals surface area contributed by atoms with Crippen LogP contribution in [0.15, 0.2) is 18.3 Å². The van der Waals surface area contributed by atoms with Crippen LogP contribution in [-0.2, 0) is 11.2 Å². The predicted octanol–water partition coefficient (Wildman–Crippen LogP) is 4.38. The van der Waals surface area contributed by atoms with Gasteiger partial charge in [-0.15, -0.1) is 0 Å². The maximum absolute atomic E-state index is 11.9. The van der Waals surface area contributed by atoms with Gasteiger partial charge in [-0.05, 0) is 50.2 Å². The molecule has 0 saturated heterocycles. The number of aromatic nitrogens is 1. The first-order valence-corrected chi connectivity index (χ1v) is 8.21. The summed E-state index contributed by atoms with van der Waals surface area (Å²) in [7, 11) is 0. The van der Waals surface area contributed by atoms with E-state index in [0.29, 0.717) is 6.42 Å². The summed E-state index contributed by atoms with van der Waals surface area (Å²) < 4.78 is 0. The number of carboxylic acid groups (broad SMARTS) is 1. The molecule has 1 N–H and O–H groups in total. The van der Waals surface area contributed by atoms with Gasteiger partial charge in [-0.1, -0.05) is 32.3 Å². The molecule has 0 radical (unpaired) electrons. The Labute approximate surface area is 127 Å². The second kappa shape index (κ2) is 7.06. The van der Waals surface area contributed by atoms with Crippen LogP contribution in [0.4, 0.5) is 0 Å².